The molecule has 0 aliphatic heterocycles. The summed E-state index contributed by atoms with van der Waals surface area (Å²) >= 11 is 4.67. The minimum Gasteiger partial charge on any atom is -0.376 e. The lowest BCUT2D eigenvalue weighted by atomic mass is 10.6. The normalized spacial score (nSPS) is 10.9. The van der Waals surface area contributed by atoms with E-state index in [1.807, 2.05) is 0 Å². The molecule has 0 aromatic heterocycles. The molecule has 0 aliphatic carbocycles. The first-order valence-electron chi connectivity index (χ1n) is 4.01. The fourth-order valence-corrected chi connectivity index (χ4v) is 3.15. The number of thiol groups is 1. The Morgan fingerprint density at radius 2 is 1.82 bits per heavy atom. The van der Waals surface area contributed by atoms with Crippen LogP contribution in [0, 0.1) is 0 Å². The molecule has 0 rings (SSSR count). The van der Waals surface area contributed by atoms with E-state index in [0.717, 1.165) is 0 Å². The van der Waals surface area contributed by atoms with Gasteiger partial charge in [-0.25, -0.2) is 0 Å². The van der Waals surface area contributed by atoms with Crippen LogP contribution in [0.1, 0.15) is 26.7 Å². The number of nitrogens with one attached hydrogen (secondary N) is 1. The van der Waals surface area contributed by atoms with Crippen molar-refractivity contribution in [2.24, 2.45) is 5.73 Å². The van der Waals surface area contributed by atoms with Gasteiger partial charge in [0.05, 0.1) is 0 Å². The first-order valence-corrected chi connectivity index (χ1v) is 6.13. The number of rotatable bonds is 5. The molecule has 4 heteroatoms. The van der Waals surface area contributed by atoms with Gasteiger partial charge in [-0.2, -0.15) is 11.1 Å². The summed E-state index contributed by atoms with van der Waals surface area (Å²) in [7, 11) is 0. The Morgan fingerprint density at radius 1 is 1.36 bits per heavy atom. The highest BCUT2D eigenvalue weighted by Gasteiger charge is 2.00. The molecule has 3 N–H and O–H groups in total. The minimum atomic E-state index is -0.117. The van der Waals surface area contributed by atoms with E-state index in [9.17, 15) is 0 Å². The second kappa shape index (κ2) is 6.73. The zero-order chi connectivity index (χ0) is 8.69. The average molecular weight is 194 g/mol. The van der Waals surface area contributed by atoms with Crippen LogP contribution in [0.3, 0.4) is 0 Å². The summed E-state index contributed by atoms with van der Waals surface area (Å²) in [5, 5.41) is 0.456. The van der Waals surface area contributed by atoms with Crippen molar-refractivity contribution in [3.8, 4) is 0 Å². The van der Waals surface area contributed by atoms with E-state index in [1.54, 1.807) is 0 Å². The van der Waals surface area contributed by atoms with Crippen LogP contribution < -0.4 is 10.5 Å². The molecule has 0 aromatic rings. The van der Waals surface area contributed by atoms with Gasteiger partial charge >= 0.3 is 0 Å². The molecule has 11 heavy (non-hydrogen) atoms. The molecule has 0 fully saturated rings. The van der Waals surface area contributed by atoms with E-state index >= 15 is 0 Å². The van der Waals surface area contributed by atoms with Crippen LogP contribution >= 0.6 is 23.3 Å². The number of nitrogens with two attached hydrogens (primary N) is 1. The van der Waals surface area contributed by atoms with Crippen molar-refractivity contribution in [1.29, 1.82) is 0 Å². The maximum absolute atomic E-state index is 5.39. The second-order valence-corrected chi connectivity index (χ2v) is 5.10. The summed E-state index contributed by atoms with van der Waals surface area (Å²) in [6.07, 6.45) is 2.42. The lowest BCUT2D eigenvalue weighted by Crippen LogP contribution is -2.28. The van der Waals surface area contributed by atoms with Crippen molar-refractivity contribution < 1.29 is 0 Å². The molecule has 0 saturated carbocycles. The third-order valence-corrected chi connectivity index (χ3v) is 4.04. The van der Waals surface area contributed by atoms with Crippen LogP contribution in [-0.2, 0) is 0 Å². The fraction of sp³-hybridized carbons (Fsp3) is 0.857. The maximum Gasteiger partial charge on any atom is 0.172 e. The van der Waals surface area contributed by atoms with E-state index in [2.05, 4.69) is 18.6 Å². The Morgan fingerprint density at radius 3 is 2.09 bits per heavy atom. The fourth-order valence-electron chi connectivity index (χ4n) is 0.919. The molecule has 0 unspecified atom stereocenters. The molecule has 0 aromatic carbocycles. The molecule has 0 spiro atoms. The zero-order valence-corrected chi connectivity index (χ0v) is 8.97. The maximum atomic E-state index is 5.39. The Kier molecular flexibility index (Phi) is 6.76. The summed E-state index contributed by atoms with van der Waals surface area (Å²) in [5.41, 5.74) is 5.39. The molecule has 0 saturated heterocycles. The van der Waals surface area contributed by atoms with Gasteiger partial charge in [0, 0.05) is 0 Å². The Hall–Kier alpha value is 0.0400. The molecule has 0 aliphatic rings. The lowest BCUT2D eigenvalue weighted by molar-refractivity contribution is 1.06. The van der Waals surface area contributed by atoms with Gasteiger partial charge in [0.25, 0.3) is 0 Å². The number of hydrogen-bond acceptors (Lipinski definition) is 1. The lowest BCUT2D eigenvalue weighted by Gasteiger charge is -2.21. The van der Waals surface area contributed by atoms with Crippen molar-refractivity contribution >= 4 is 28.4 Å². The number of thiocarbonyl (C=S) groups is 1. The van der Waals surface area contributed by atoms with E-state index in [1.165, 1.54) is 24.3 Å². The zero-order valence-electron chi connectivity index (χ0n) is 7.26. The first-order chi connectivity index (χ1) is 5.20. The second-order valence-electron chi connectivity index (χ2n) is 2.46. The Labute approximate surface area is 77.4 Å². The van der Waals surface area contributed by atoms with Crippen LogP contribution in [-0.4, -0.2) is 16.6 Å². The van der Waals surface area contributed by atoms with Crippen molar-refractivity contribution in [3.05, 3.63) is 0 Å². The topological polar surface area (TPSA) is 38.0 Å². The van der Waals surface area contributed by atoms with Crippen LogP contribution in [0.2, 0.25) is 0 Å². The van der Waals surface area contributed by atoms with Gasteiger partial charge in [-0.15, -0.1) is 0 Å². The molecule has 0 heterocycles. The van der Waals surface area contributed by atoms with Crippen LogP contribution in [0.25, 0.3) is 0 Å². The first kappa shape index (κ1) is 11.0. The van der Waals surface area contributed by atoms with Crippen LogP contribution in [0.15, 0.2) is 0 Å². The quantitative estimate of drug-likeness (QED) is 0.459. The van der Waals surface area contributed by atoms with Gasteiger partial charge in [0.15, 0.2) is 5.11 Å². The molecule has 0 bridgehead atoms. The summed E-state index contributed by atoms with van der Waals surface area (Å²) in [5.74, 6) is 2.45. The van der Waals surface area contributed by atoms with Crippen LogP contribution in [0.5, 0.6) is 0 Å². The molecule has 0 amide bonds. The molecule has 0 radical (unpaired) electrons. The molecule has 0 atom stereocenters. The molecule has 2 nitrogen and oxygen atoms in total. The Balaban J connectivity index is 3.59. The third kappa shape index (κ3) is 6.44. The van der Waals surface area contributed by atoms with Gasteiger partial charge in [-0.05, 0) is 36.6 Å². The van der Waals surface area contributed by atoms with Gasteiger partial charge in [0.2, 0.25) is 0 Å². The van der Waals surface area contributed by atoms with E-state index < -0.39 is 0 Å². The summed E-state index contributed by atoms with van der Waals surface area (Å²) in [4.78, 5) is 0. The smallest absolute Gasteiger partial charge is 0.172 e. The highest BCUT2D eigenvalue weighted by Crippen LogP contribution is 2.21. The van der Waals surface area contributed by atoms with Gasteiger partial charge < -0.3 is 10.5 Å². The van der Waals surface area contributed by atoms with E-state index in [4.69, 9.17) is 18.0 Å². The summed E-state index contributed by atoms with van der Waals surface area (Å²) in [6.45, 7) is 4.37. The minimum absolute atomic E-state index is 0.117. The van der Waals surface area contributed by atoms with Crippen molar-refractivity contribution in [1.82, 2.24) is 4.72 Å². The average Bonchev–Trinajstić information content (AvgIpc) is 1.87. The third-order valence-electron chi connectivity index (χ3n) is 1.26. The van der Waals surface area contributed by atoms with Gasteiger partial charge in [-0.1, -0.05) is 13.8 Å². The summed E-state index contributed by atoms with van der Waals surface area (Å²) in [6, 6.07) is 0. The Bertz CT molecular complexity index is 111. The highest BCUT2D eigenvalue weighted by atomic mass is 32.2. The van der Waals surface area contributed by atoms with E-state index in [0.29, 0.717) is 5.11 Å². The van der Waals surface area contributed by atoms with Gasteiger partial charge in [0.1, 0.15) is 0 Å². The molecular weight excluding hydrogens is 176 g/mol. The number of hydrogen-bond donors (Lipinski definition) is 3. The molecule has 68 valence electrons. The predicted molar refractivity (Wildman–Crippen MR) is 59.2 cm³/mol. The standard InChI is InChI=1S/C7H18N2S2/c1-3-5-11(6-4-2)9-7(8)10/h11H,3-6H2,1-2H3,(H3,8,9,10). The van der Waals surface area contributed by atoms with Gasteiger partial charge in [-0.3, -0.25) is 0 Å². The summed E-state index contributed by atoms with van der Waals surface area (Å²) < 4.78 is 3.16. The van der Waals surface area contributed by atoms with Crippen LogP contribution in [0.4, 0.5) is 0 Å². The van der Waals surface area contributed by atoms with Crippen molar-refractivity contribution in [3.63, 3.8) is 0 Å². The highest BCUT2D eigenvalue weighted by molar-refractivity contribution is 8.16. The monoisotopic (exact) mass is 194 g/mol. The SMILES string of the molecule is CCC[SH](CCC)NC(N)=S. The molecular formula is C7H18N2S2. The largest absolute Gasteiger partial charge is 0.376 e. The van der Waals surface area contributed by atoms with Crippen molar-refractivity contribution in [2.75, 3.05) is 11.5 Å². The predicted octanol–water partition coefficient (Wildman–Crippen LogP) is 1.56. The van der Waals surface area contributed by atoms with E-state index in [-0.39, 0.29) is 11.1 Å². The van der Waals surface area contributed by atoms with Crippen molar-refractivity contribution in [2.45, 2.75) is 26.7 Å².